The van der Waals surface area contributed by atoms with Crippen LogP contribution in [0.4, 0.5) is 17.1 Å². The van der Waals surface area contributed by atoms with E-state index in [1.807, 2.05) is 18.2 Å². The van der Waals surface area contributed by atoms with Crippen molar-refractivity contribution < 1.29 is 8.42 Å². The molecule has 0 heterocycles. The van der Waals surface area contributed by atoms with Gasteiger partial charge in [0, 0.05) is 11.9 Å². The molecule has 18 heavy (non-hydrogen) atoms. The van der Waals surface area contributed by atoms with Crippen LogP contribution in [-0.2, 0) is 9.84 Å². The fourth-order valence-electron chi connectivity index (χ4n) is 1.55. The van der Waals surface area contributed by atoms with E-state index in [1.165, 1.54) is 6.26 Å². The molecule has 0 spiro atoms. The summed E-state index contributed by atoms with van der Waals surface area (Å²) >= 11 is 0. The number of anilines is 3. The second-order valence-electron chi connectivity index (χ2n) is 4.01. The topological polar surface area (TPSA) is 72.2 Å². The van der Waals surface area contributed by atoms with E-state index in [0.29, 0.717) is 10.6 Å². The second kappa shape index (κ2) is 4.70. The van der Waals surface area contributed by atoms with Crippen molar-refractivity contribution >= 4 is 26.9 Å². The molecule has 0 aliphatic carbocycles. The Morgan fingerprint density at radius 1 is 1.00 bits per heavy atom. The number of nitrogen functional groups attached to an aromatic ring is 1. The van der Waals surface area contributed by atoms with Gasteiger partial charge in [-0.25, -0.2) is 8.42 Å². The van der Waals surface area contributed by atoms with Crippen LogP contribution in [0, 0.1) is 0 Å². The summed E-state index contributed by atoms with van der Waals surface area (Å²) in [7, 11) is -3.15. The van der Waals surface area contributed by atoms with E-state index in [4.69, 9.17) is 5.73 Å². The van der Waals surface area contributed by atoms with Gasteiger partial charge in [-0.05, 0) is 36.4 Å². The number of hydrogen-bond acceptors (Lipinski definition) is 4. The van der Waals surface area contributed by atoms with Gasteiger partial charge in [-0.3, -0.25) is 0 Å². The minimum atomic E-state index is -3.15. The lowest BCUT2D eigenvalue weighted by molar-refractivity contribution is 0.602. The van der Waals surface area contributed by atoms with Gasteiger partial charge in [0.2, 0.25) is 0 Å². The minimum absolute atomic E-state index is 0.300. The summed E-state index contributed by atoms with van der Waals surface area (Å²) in [4.78, 5) is 0.300. The fourth-order valence-corrected chi connectivity index (χ4v) is 2.18. The molecule has 0 saturated heterocycles. The molecule has 0 amide bonds. The first-order chi connectivity index (χ1) is 8.47. The molecule has 94 valence electrons. The summed E-state index contributed by atoms with van der Waals surface area (Å²) in [6.07, 6.45) is 1.19. The predicted octanol–water partition coefficient (Wildman–Crippen LogP) is 2.42. The molecule has 0 radical (unpaired) electrons. The Labute approximate surface area is 106 Å². The van der Waals surface area contributed by atoms with Crippen molar-refractivity contribution in [2.75, 3.05) is 17.3 Å². The van der Waals surface area contributed by atoms with Crippen LogP contribution in [0.2, 0.25) is 0 Å². The Morgan fingerprint density at radius 2 is 1.61 bits per heavy atom. The first-order valence-corrected chi connectivity index (χ1v) is 7.27. The molecule has 0 aliphatic heterocycles. The largest absolute Gasteiger partial charge is 0.397 e. The van der Waals surface area contributed by atoms with Crippen LogP contribution in [0.3, 0.4) is 0 Å². The van der Waals surface area contributed by atoms with Crippen LogP contribution in [0.25, 0.3) is 0 Å². The van der Waals surface area contributed by atoms with Crippen molar-refractivity contribution in [1.29, 1.82) is 0 Å². The van der Waals surface area contributed by atoms with E-state index in [9.17, 15) is 8.42 Å². The molecule has 2 aromatic rings. The summed E-state index contributed by atoms with van der Waals surface area (Å²) < 4.78 is 22.6. The van der Waals surface area contributed by atoms with Crippen LogP contribution in [0.5, 0.6) is 0 Å². The molecule has 0 aliphatic rings. The summed E-state index contributed by atoms with van der Waals surface area (Å²) in [5.74, 6) is 0. The standard InChI is InChI=1S/C13H14N2O2S/c1-18(16,17)11-8-6-10(7-9-11)15-13-5-3-2-4-12(13)14/h2-9,15H,14H2,1H3. The van der Waals surface area contributed by atoms with Crippen molar-refractivity contribution in [3.05, 3.63) is 48.5 Å². The number of benzene rings is 2. The summed E-state index contributed by atoms with van der Waals surface area (Å²) in [5.41, 5.74) is 8.04. The maximum absolute atomic E-state index is 11.3. The number of rotatable bonds is 3. The molecule has 0 bridgehead atoms. The van der Waals surface area contributed by atoms with Gasteiger partial charge in [-0.2, -0.15) is 0 Å². The van der Waals surface area contributed by atoms with Crippen LogP contribution in [0.15, 0.2) is 53.4 Å². The van der Waals surface area contributed by atoms with Gasteiger partial charge in [0.05, 0.1) is 16.3 Å². The molecule has 5 heteroatoms. The average Bonchev–Trinajstić information content (AvgIpc) is 2.32. The Bertz CT molecular complexity index is 649. The van der Waals surface area contributed by atoms with Crippen LogP contribution >= 0.6 is 0 Å². The normalized spacial score (nSPS) is 11.2. The zero-order chi connectivity index (χ0) is 13.2. The molecule has 0 atom stereocenters. The van der Waals surface area contributed by atoms with Crippen LogP contribution in [0.1, 0.15) is 0 Å². The van der Waals surface area contributed by atoms with E-state index < -0.39 is 9.84 Å². The Morgan fingerprint density at radius 3 is 2.17 bits per heavy atom. The maximum atomic E-state index is 11.3. The molecule has 3 N–H and O–H groups in total. The van der Waals surface area contributed by atoms with Gasteiger partial charge in [-0.15, -0.1) is 0 Å². The number of nitrogens with two attached hydrogens (primary N) is 1. The van der Waals surface area contributed by atoms with Gasteiger partial charge in [0.15, 0.2) is 9.84 Å². The molecule has 2 rings (SSSR count). The van der Waals surface area contributed by atoms with E-state index >= 15 is 0 Å². The highest BCUT2D eigenvalue weighted by atomic mass is 32.2. The van der Waals surface area contributed by atoms with E-state index in [-0.39, 0.29) is 0 Å². The Kier molecular flexibility index (Phi) is 3.25. The molecule has 0 fully saturated rings. The monoisotopic (exact) mass is 262 g/mol. The molecule has 2 aromatic carbocycles. The smallest absolute Gasteiger partial charge is 0.175 e. The first kappa shape index (κ1) is 12.4. The van der Waals surface area contributed by atoms with Crippen molar-refractivity contribution in [2.45, 2.75) is 4.90 Å². The molecule has 4 nitrogen and oxygen atoms in total. The van der Waals surface area contributed by atoms with Crippen molar-refractivity contribution in [3.8, 4) is 0 Å². The molecular formula is C13H14N2O2S. The third-order valence-electron chi connectivity index (χ3n) is 2.52. The second-order valence-corrected chi connectivity index (χ2v) is 6.02. The highest BCUT2D eigenvalue weighted by Gasteiger charge is 2.06. The zero-order valence-corrected chi connectivity index (χ0v) is 10.7. The third kappa shape index (κ3) is 2.81. The molecule has 0 unspecified atom stereocenters. The fraction of sp³-hybridized carbons (Fsp3) is 0.0769. The van der Waals surface area contributed by atoms with E-state index in [1.54, 1.807) is 30.3 Å². The van der Waals surface area contributed by atoms with E-state index in [2.05, 4.69) is 5.32 Å². The Balaban J connectivity index is 2.24. The van der Waals surface area contributed by atoms with Gasteiger partial charge < -0.3 is 11.1 Å². The lowest BCUT2D eigenvalue weighted by atomic mass is 10.2. The van der Waals surface area contributed by atoms with Crippen molar-refractivity contribution in [2.24, 2.45) is 0 Å². The molecule has 0 aromatic heterocycles. The number of nitrogens with one attached hydrogen (secondary N) is 1. The maximum Gasteiger partial charge on any atom is 0.175 e. The number of hydrogen-bond donors (Lipinski definition) is 2. The summed E-state index contributed by atoms with van der Waals surface area (Å²) in [6, 6.07) is 13.9. The van der Waals surface area contributed by atoms with Crippen LogP contribution < -0.4 is 11.1 Å². The summed E-state index contributed by atoms with van der Waals surface area (Å²) in [6.45, 7) is 0. The quantitative estimate of drug-likeness (QED) is 0.833. The van der Waals surface area contributed by atoms with Gasteiger partial charge in [-0.1, -0.05) is 12.1 Å². The SMILES string of the molecule is CS(=O)(=O)c1ccc(Nc2ccccc2N)cc1. The summed E-state index contributed by atoms with van der Waals surface area (Å²) in [5, 5.41) is 3.13. The average molecular weight is 262 g/mol. The minimum Gasteiger partial charge on any atom is -0.397 e. The highest BCUT2D eigenvalue weighted by Crippen LogP contribution is 2.23. The first-order valence-electron chi connectivity index (χ1n) is 5.38. The van der Waals surface area contributed by atoms with Crippen molar-refractivity contribution in [3.63, 3.8) is 0 Å². The molecular weight excluding hydrogens is 248 g/mol. The number of sulfone groups is 1. The lowest BCUT2D eigenvalue weighted by Gasteiger charge is -2.09. The van der Waals surface area contributed by atoms with Crippen molar-refractivity contribution in [1.82, 2.24) is 0 Å². The lowest BCUT2D eigenvalue weighted by Crippen LogP contribution is -1.98. The van der Waals surface area contributed by atoms with Gasteiger partial charge in [0.25, 0.3) is 0 Å². The van der Waals surface area contributed by atoms with Gasteiger partial charge in [0.1, 0.15) is 0 Å². The highest BCUT2D eigenvalue weighted by molar-refractivity contribution is 7.90. The van der Waals surface area contributed by atoms with E-state index in [0.717, 1.165) is 11.4 Å². The number of para-hydroxylation sites is 2. The zero-order valence-electron chi connectivity index (χ0n) is 9.92. The third-order valence-corrected chi connectivity index (χ3v) is 3.65. The van der Waals surface area contributed by atoms with Crippen LogP contribution in [-0.4, -0.2) is 14.7 Å². The Hall–Kier alpha value is -2.01. The van der Waals surface area contributed by atoms with Gasteiger partial charge >= 0.3 is 0 Å². The predicted molar refractivity (Wildman–Crippen MR) is 73.7 cm³/mol. The molecule has 0 saturated carbocycles.